The minimum absolute atomic E-state index is 0.146. The monoisotopic (exact) mass is 184 g/mol. The topological polar surface area (TPSA) is 92.3 Å². The fourth-order valence-electron chi connectivity index (χ4n) is 0.935. The maximum absolute atomic E-state index is 11.0. The van der Waals surface area contributed by atoms with E-state index in [9.17, 15) is 9.59 Å². The van der Waals surface area contributed by atoms with E-state index >= 15 is 0 Å². The zero-order valence-electron chi connectivity index (χ0n) is 7.12. The summed E-state index contributed by atoms with van der Waals surface area (Å²) in [6.07, 6.45) is 0. The van der Waals surface area contributed by atoms with Gasteiger partial charge in [-0.25, -0.2) is 9.59 Å². The van der Waals surface area contributed by atoms with Crippen LogP contribution in [0.3, 0.4) is 0 Å². The first-order valence-corrected chi connectivity index (χ1v) is 3.44. The second kappa shape index (κ2) is 3.26. The molecule has 6 nitrogen and oxygen atoms in total. The molecule has 1 aromatic heterocycles. The summed E-state index contributed by atoms with van der Waals surface area (Å²) < 4.78 is 4.36. The first-order valence-electron chi connectivity index (χ1n) is 3.44. The highest BCUT2D eigenvalue weighted by molar-refractivity contribution is 6.01. The maximum Gasteiger partial charge on any atom is 0.359 e. The van der Waals surface area contributed by atoms with Crippen LogP contribution in [0, 0.1) is 6.92 Å². The second-order valence-corrected chi connectivity index (χ2v) is 2.37. The first kappa shape index (κ1) is 9.24. The lowest BCUT2D eigenvalue weighted by Gasteiger charge is -1.95. The van der Waals surface area contributed by atoms with Crippen molar-refractivity contribution in [3.8, 4) is 0 Å². The molecule has 1 heterocycles. The highest BCUT2D eigenvalue weighted by Crippen LogP contribution is 2.10. The van der Waals surface area contributed by atoms with Crippen LogP contribution in [0.15, 0.2) is 0 Å². The quantitative estimate of drug-likeness (QED) is 0.640. The third kappa shape index (κ3) is 1.51. The number of aromatic nitrogens is 2. The zero-order valence-corrected chi connectivity index (χ0v) is 7.12. The number of esters is 1. The number of aromatic amines is 1. The molecule has 0 radical (unpaired) electrons. The molecule has 1 aromatic rings. The Morgan fingerprint density at radius 1 is 1.54 bits per heavy atom. The summed E-state index contributed by atoms with van der Waals surface area (Å²) >= 11 is 0. The molecule has 13 heavy (non-hydrogen) atoms. The van der Waals surface area contributed by atoms with E-state index in [1.54, 1.807) is 0 Å². The number of hydrogen-bond donors (Lipinski definition) is 2. The fourth-order valence-corrected chi connectivity index (χ4v) is 0.935. The standard InChI is InChI=1S/C7H8N2O4/c1-3-4(6(10)11)5(9-8-3)7(12)13-2/h1-2H3,(H,8,9)(H,10,11). The zero-order chi connectivity index (χ0) is 10.0. The fraction of sp³-hybridized carbons (Fsp3) is 0.286. The molecule has 1 rings (SSSR count). The number of rotatable bonds is 2. The van der Waals surface area contributed by atoms with Crippen molar-refractivity contribution in [3.05, 3.63) is 17.0 Å². The van der Waals surface area contributed by atoms with Gasteiger partial charge < -0.3 is 9.84 Å². The van der Waals surface area contributed by atoms with Crippen LogP contribution >= 0.6 is 0 Å². The Kier molecular flexibility index (Phi) is 2.32. The molecule has 0 atom stereocenters. The molecule has 0 aliphatic rings. The number of carbonyl (C=O) groups is 2. The average molecular weight is 184 g/mol. The molecule has 0 spiro atoms. The third-order valence-electron chi connectivity index (χ3n) is 1.54. The number of nitrogens with zero attached hydrogens (tertiary/aromatic N) is 1. The van der Waals surface area contributed by atoms with Crippen LogP contribution in [0.5, 0.6) is 0 Å². The summed E-state index contributed by atoms with van der Waals surface area (Å²) in [5.41, 5.74) is -0.0211. The number of nitrogens with one attached hydrogen (secondary N) is 1. The van der Waals surface area contributed by atoms with Gasteiger partial charge in [0, 0.05) is 5.69 Å². The van der Waals surface area contributed by atoms with Crippen LogP contribution in [-0.2, 0) is 4.74 Å². The number of carbonyl (C=O) groups excluding carboxylic acids is 1. The molecular weight excluding hydrogens is 176 g/mol. The molecule has 0 saturated heterocycles. The van der Waals surface area contributed by atoms with Crippen molar-refractivity contribution < 1.29 is 19.4 Å². The van der Waals surface area contributed by atoms with Crippen molar-refractivity contribution in [2.24, 2.45) is 0 Å². The minimum Gasteiger partial charge on any atom is -0.478 e. The lowest BCUT2D eigenvalue weighted by atomic mass is 10.2. The Hall–Kier alpha value is -1.85. The summed E-state index contributed by atoms with van der Waals surface area (Å²) in [4.78, 5) is 21.6. The van der Waals surface area contributed by atoms with Gasteiger partial charge in [0.25, 0.3) is 0 Å². The Labute approximate surface area is 73.5 Å². The highest BCUT2D eigenvalue weighted by Gasteiger charge is 2.22. The Bertz CT molecular complexity index is 355. The summed E-state index contributed by atoms with van der Waals surface area (Å²) in [5, 5.41) is 14.6. The number of methoxy groups -OCH3 is 1. The second-order valence-electron chi connectivity index (χ2n) is 2.37. The van der Waals surface area contributed by atoms with Crippen molar-refractivity contribution in [2.75, 3.05) is 7.11 Å². The van der Waals surface area contributed by atoms with Gasteiger partial charge in [0.2, 0.25) is 0 Å². The Balaban J connectivity index is 3.22. The van der Waals surface area contributed by atoms with Gasteiger partial charge in [-0.1, -0.05) is 0 Å². The molecule has 6 heteroatoms. The maximum atomic E-state index is 11.0. The average Bonchev–Trinajstić information content (AvgIpc) is 2.45. The van der Waals surface area contributed by atoms with Crippen molar-refractivity contribution in [1.82, 2.24) is 10.2 Å². The van der Waals surface area contributed by atoms with Gasteiger partial charge in [0.1, 0.15) is 5.56 Å². The molecular formula is C7H8N2O4. The molecule has 0 aliphatic heterocycles. The molecule has 0 amide bonds. The molecule has 70 valence electrons. The van der Waals surface area contributed by atoms with Crippen LogP contribution in [0.4, 0.5) is 0 Å². The van der Waals surface area contributed by atoms with Gasteiger partial charge in [0.15, 0.2) is 5.69 Å². The smallest absolute Gasteiger partial charge is 0.359 e. The van der Waals surface area contributed by atoms with Crippen molar-refractivity contribution in [3.63, 3.8) is 0 Å². The predicted octanol–water partition coefficient (Wildman–Crippen LogP) is 0.203. The van der Waals surface area contributed by atoms with Crippen LogP contribution in [0.1, 0.15) is 26.5 Å². The normalized spacial score (nSPS) is 9.69. The first-order chi connectivity index (χ1) is 6.07. The molecule has 0 unspecified atom stereocenters. The van der Waals surface area contributed by atoms with Crippen LogP contribution in [0.2, 0.25) is 0 Å². The van der Waals surface area contributed by atoms with Crippen molar-refractivity contribution >= 4 is 11.9 Å². The summed E-state index contributed by atoms with van der Waals surface area (Å²) in [6, 6.07) is 0. The van der Waals surface area contributed by atoms with E-state index in [-0.39, 0.29) is 11.3 Å². The van der Waals surface area contributed by atoms with Crippen molar-refractivity contribution in [2.45, 2.75) is 6.92 Å². The molecule has 2 N–H and O–H groups in total. The van der Waals surface area contributed by atoms with E-state index in [0.29, 0.717) is 5.69 Å². The van der Waals surface area contributed by atoms with Gasteiger partial charge in [0.05, 0.1) is 7.11 Å². The number of carboxylic acids is 1. The molecule has 0 aromatic carbocycles. The van der Waals surface area contributed by atoms with Gasteiger partial charge in [-0.05, 0) is 6.92 Å². The van der Waals surface area contributed by atoms with Gasteiger partial charge in [-0.2, -0.15) is 5.10 Å². The lowest BCUT2D eigenvalue weighted by molar-refractivity contribution is 0.0576. The number of aryl methyl sites for hydroxylation is 1. The molecule has 0 saturated carbocycles. The SMILES string of the molecule is COC(=O)c1n[nH]c(C)c1C(=O)O. The van der Waals surface area contributed by atoms with Gasteiger partial charge >= 0.3 is 11.9 Å². The van der Waals surface area contributed by atoms with Crippen LogP contribution in [-0.4, -0.2) is 34.4 Å². The van der Waals surface area contributed by atoms with E-state index in [1.165, 1.54) is 6.92 Å². The number of hydrogen-bond acceptors (Lipinski definition) is 4. The minimum atomic E-state index is -1.20. The van der Waals surface area contributed by atoms with Crippen LogP contribution < -0.4 is 0 Å². The van der Waals surface area contributed by atoms with E-state index in [4.69, 9.17) is 5.11 Å². The van der Waals surface area contributed by atoms with E-state index in [0.717, 1.165) is 7.11 Å². The third-order valence-corrected chi connectivity index (χ3v) is 1.54. The van der Waals surface area contributed by atoms with Gasteiger partial charge in [-0.3, -0.25) is 5.10 Å². The number of aromatic carboxylic acids is 1. The number of H-pyrrole nitrogens is 1. The number of ether oxygens (including phenoxy) is 1. The number of carboxylic acid groups (broad SMARTS) is 1. The predicted molar refractivity (Wildman–Crippen MR) is 41.6 cm³/mol. The van der Waals surface area contributed by atoms with Crippen LogP contribution in [0.25, 0.3) is 0 Å². The highest BCUT2D eigenvalue weighted by atomic mass is 16.5. The van der Waals surface area contributed by atoms with E-state index < -0.39 is 11.9 Å². The Morgan fingerprint density at radius 3 is 2.62 bits per heavy atom. The van der Waals surface area contributed by atoms with E-state index in [2.05, 4.69) is 14.9 Å². The molecule has 0 bridgehead atoms. The molecule has 0 aliphatic carbocycles. The summed E-state index contributed by atoms with van der Waals surface area (Å²) in [7, 11) is 1.16. The van der Waals surface area contributed by atoms with Gasteiger partial charge in [-0.15, -0.1) is 0 Å². The van der Waals surface area contributed by atoms with E-state index in [1.807, 2.05) is 0 Å². The lowest BCUT2D eigenvalue weighted by Crippen LogP contribution is -2.09. The molecule has 0 fully saturated rings. The van der Waals surface area contributed by atoms with Crippen molar-refractivity contribution in [1.29, 1.82) is 0 Å². The summed E-state index contributed by atoms with van der Waals surface area (Å²) in [6.45, 7) is 1.52. The largest absolute Gasteiger partial charge is 0.478 e. The summed E-state index contributed by atoms with van der Waals surface area (Å²) in [5.74, 6) is -1.96. The Morgan fingerprint density at radius 2 is 2.15 bits per heavy atom.